The lowest BCUT2D eigenvalue weighted by Crippen LogP contribution is -2.51. The van der Waals surface area contributed by atoms with Gasteiger partial charge in [0.1, 0.15) is 6.54 Å². The SMILES string of the molecule is NCC1CCCCN1C(=O)Cn1c(=O)ccn(Cc2ccccc2)c1=O. The number of rotatable bonds is 5. The summed E-state index contributed by atoms with van der Waals surface area (Å²) < 4.78 is 2.45. The lowest BCUT2D eigenvalue weighted by atomic mass is 10.0. The second kappa shape index (κ2) is 8.14. The van der Waals surface area contributed by atoms with E-state index >= 15 is 0 Å². The van der Waals surface area contributed by atoms with Gasteiger partial charge >= 0.3 is 5.69 Å². The van der Waals surface area contributed by atoms with Gasteiger partial charge in [-0.3, -0.25) is 18.7 Å². The van der Waals surface area contributed by atoms with Crippen LogP contribution < -0.4 is 17.0 Å². The smallest absolute Gasteiger partial charge is 0.331 e. The van der Waals surface area contributed by atoms with Gasteiger partial charge in [-0.25, -0.2) is 4.79 Å². The highest BCUT2D eigenvalue weighted by Crippen LogP contribution is 2.16. The first kappa shape index (κ1) is 18.1. The molecule has 2 heterocycles. The van der Waals surface area contributed by atoms with E-state index in [0.29, 0.717) is 19.6 Å². The molecular weight excluding hydrogens is 332 g/mol. The fraction of sp³-hybridized carbons (Fsp3) is 0.421. The molecule has 0 radical (unpaired) electrons. The van der Waals surface area contributed by atoms with Gasteiger partial charge in [-0.1, -0.05) is 30.3 Å². The van der Waals surface area contributed by atoms with Crippen LogP contribution >= 0.6 is 0 Å². The van der Waals surface area contributed by atoms with Crippen LogP contribution in [0.5, 0.6) is 0 Å². The van der Waals surface area contributed by atoms with Crippen molar-refractivity contribution in [3.05, 3.63) is 69.0 Å². The van der Waals surface area contributed by atoms with Crippen molar-refractivity contribution in [1.29, 1.82) is 0 Å². The van der Waals surface area contributed by atoms with Crippen molar-refractivity contribution in [2.45, 2.75) is 38.4 Å². The molecule has 1 aliphatic heterocycles. The molecule has 1 saturated heterocycles. The fourth-order valence-electron chi connectivity index (χ4n) is 3.40. The van der Waals surface area contributed by atoms with E-state index in [9.17, 15) is 14.4 Å². The Morgan fingerprint density at radius 3 is 2.62 bits per heavy atom. The van der Waals surface area contributed by atoms with E-state index in [-0.39, 0.29) is 18.5 Å². The molecule has 1 atom stereocenters. The maximum absolute atomic E-state index is 12.7. The van der Waals surface area contributed by atoms with E-state index in [0.717, 1.165) is 29.4 Å². The molecule has 0 aliphatic carbocycles. The number of piperidine rings is 1. The van der Waals surface area contributed by atoms with Crippen LogP contribution in [0, 0.1) is 0 Å². The Bertz CT molecular complexity index is 872. The molecule has 1 aromatic carbocycles. The number of benzene rings is 1. The summed E-state index contributed by atoms with van der Waals surface area (Å²) in [5, 5.41) is 0. The van der Waals surface area contributed by atoms with Crippen LogP contribution in [-0.4, -0.2) is 39.1 Å². The third kappa shape index (κ3) is 3.94. The number of carbonyl (C=O) groups is 1. The summed E-state index contributed by atoms with van der Waals surface area (Å²) in [5.74, 6) is -0.225. The molecule has 7 heteroatoms. The van der Waals surface area contributed by atoms with Gasteiger partial charge in [-0.2, -0.15) is 0 Å². The van der Waals surface area contributed by atoms with Crippen LogP contribution in [0.25, 0.3) is 0 Å². The van der Waals surface area contributed by atoms with Crippen molar-refractivity contribution in [2.24, 2.45) is 5.73 Å². The van der Waals surface area contributed by atoms with E-state index in [1.807, 2.05) is 30.3 Å². The summed E-state index contributed by atoms with van der Waals surface area (Å²) in [6.07, 6.45) is 4.30. The molecule has 1 aliphatic rings. The molecule has 1 fully saturated rings. The Balaban J connectivity index is 1.83. The Labute approximate surface area is 151 Å². The second-order valence-electron chi connectivity index (χ2n) is 6.61. The number of amides is 1. The third-order valence-corrected chi connectivity index (χ3v) is 4.85. The molecule has 1 unspecified atom stereocenters. The minimum atomic E-state index is -0.476. The number of hydrogen-bond donors (Lipinski definition) is 1. The predicted molar refractivity (Wildman–Crippen MR) is 98.9 cm³/mol. The van der Waals surface area contributed by atoms with E-state index in [1.165, 1.54) is 16.8 Å². The lowest BCUT2D eigenvalue weighted by Gasteiger charge is -2.35. The summed E-state index contributed by atoms with van der Waals surface area (Å²) in [4.78, 5) is 39.2. The monoisotopic (exact) mass is 356 g/mol. The highest BCUT2D eigenvalue weighted by Gasteiger charge is 2.26. The summed E-state index contributed by atoms with van der Waals surface area (Å²) >= 11 is 0. The topological polar surface area (TPSA) is 90.3 Å². The minimum Gasteiger partial charge on any atom is -0.337 e. The average molecular weight is 356 g/mol. The second-order valence-corrected chi connectivity index (χ2v) is 6.61. The van der Waals surface area contributed by atoms with Crippen LogP contribution in [0.1, 0.15) is 24.8 Å². The van der Waals surface area contributed by atoms with Gasteiger partial charge in [0.15, 0.2) is 0 Å². The summed E-state index contributed by atoms with van der Waals surface area (Å²) in [7, 11) is 0. The molecule has 3 rings (SSSR count). The molecule has 0 saturated carbocycles. The van der Waals surface area contributed by atoms with Crippen molar-refractivity contribution in [3.63, 3.8) is 0 Å². The number of carbonyl (C=O) groups excluding carboxylic acids is 1. The molecule has 1 aromatic heterocycles. The Hall–Kier alpha value is -2.67. The fourth-order valence-corrected chi connectivity index (χ4v) is 3.40. The van der Waals surface area contributed by atoms with Gasteiger partial charge in [0.25, 0.3) is 5.56 Å². The van der Waals surface area contributed by atoms with E-state index < -0.39 is 11.2 Å². The molecule has 2 aromatic rings. The van der Waals surface area contributed by atoms with Gasteiger partial charge in [-0.05, 0) is 24.8 Å². The van der Waals surface area contributed by atoms with Crippen LogP contribution in [0.3, 0.4) is 0 Å². The first-order valence-electron chi connectivity index (χ1n) is 8.94. The quantitative estimate of drug-likeness (QED) is 0.840. The first-order valence-corrected chi connectivity index (χ1v) is 8.94. The Morgan fingerprint density at radius 1 is 1.12 bits per heavy atom. The molecule has 138 valence electrons. The Morgan fingerprint density at radius 2 is 1.88 bits per heavy atom. The molecular formula is C19H24N4O3. The number of hydrogen-bond acceptors (Lipinski definition) is 4. The molecule has 2 N–H and O–H groups in total. The number of nitrogens with two attached hydrogens (primary N) is 1. The van der Waals surface area contributed by atoms with Crippen LogP contribution in [0.2, 0.25) is 0 Å². The van der Waals surface area contributed by atoms with Crippen LogP contribution in [-0.2, 0) is 17.9 Å². The van der Waals surface area contributed by atoms with Crippen molar-refractivity contribution in [3.8, 4) is 0 Å². The molecule has 1 amide bonds. The van der Waals surface area contributed by atoms with E-state index in [4.69, 9.17) is 5.73 Å². The van der Waals surface area contributed by atoms with Crippen molar-refractivity contribution >= 4 is 5.91 Å². The number of likely N-dealkylation sites (tertiary alicyclic amines) is 1. The molecule has 7 nitrogen and oxygen atoms in total. The van der Waals surface area contributed by atoms with Gasteiger partial charge in [0.05, 0.1) is 6.54 Å². The summed E-state index contributed by atoms with van der Waals surface area (Å²) in [5.41, 5.74) is 5.78. The number of aromatic nitrogens is 2. The van der Waals surface area contributed by atoms with E-state index in [1.54, 1.807) is 4.90 Å². The summed E-state index contributed by atoms with van der Waals surface area (Å²) in [6.45, 7) is 1.13. The zero-order valence-electron chi connectivity index (χ0n) is 14.7. The van der Waals surface area contributed by atoms with Crippen molar-refractivity contribution in [1.82, 2.24) is 14.0 Å². The van der Waals surface area contributed by atoms with Crippen LogP contribution in [0.15, 0.2) is 52.2 Å². The first-order chi connectivity index (χ1) is 12.6. The zero-order chi connectivity index (χ0) is 18.5. The molecule has 26 heavy (non-hydrogen) atoms. The minimum absolute atomic E-state index is 0.0118. The van der Waals surface area contributed by atoms with Gasteiger partial charge in [0, 0.05) is 31.4 Å². The van der Waals surface area contributed by atoms with E-state index in [2.05, 4.69) is 0 Å². The number of nitrogens with zero attached hydrogens (tertiary/aromatic N) is 3. The maximum atomic E-state index is 12.7. The predicted octanol–water partition coefficient (Wildman–Crippen LogP) is 0.398. The average Bonchev–Trinajstić information content (AvgIpc) is 2.68. The molecule has 0 spiro atoms. The van der Waals surface area contributed by atoms with Gasteiger partial charge in [-0.15, -0.1) is 0 Å². The lowest BCUT2D eigenvalue weighted by molar-refractivity contribution is -0.135. The zero-order valence-corrected chi connectivity index (χ0v) is 14.7. The van der Waals surface area contributed by atoms with Crippen molar-refractivity contribution in [2.75, 3.05) is 13.1 Å². The maximum Gasteiger partial charge on any atom is 0.331 e. The highest BCUT2D eigenvalue weighted by molar-refractivity contribution is 5.76. The standard InChI is InChI=1S/C19H24N4O3/c20-12-16-8-4-5-10-22(16)18(25)14-23-17(24)9-11-21(19(23)26)13-15-6-2-1-3-7-15/h1-3,6-7,9,11,16H,4-5,8,10,12-14,20H2. The summed E-state index contributed by atoms with van der Waals surface area (Å²) in [6, 6.07) is 10.8. The van der Waals surface area contributed by atoms with Crippen LogP contribution in [0.4, 0.5) is 0 Å². The van der Waals surface area contributed by atoms with Gasteiger partial charge in [0.2, 0.25) is 5.91 Å². The van der Waals surface area contributed by atoms with Gasteiger partial charge < -0.3 is 10.6 Å². The largest absolute Gasteiger partial charge is 0.337 e. The third-order valence-electron chi connectivity index (χ3n) is 4.85. The normalized spacial score (nSPS) is 17.3. The highest BCUT2D eigenvalue weighted by atomic mass is 16.2. The Kier molecular flexibility index (Phi) is 5.68. The van der Waals surface area contributed by atoms with Crippen molar-refractivity contribution < 1.29 is 4.79 Å². The molecule has 0 bridgehead atoms.